The van der Waals surface area contributed by atoms with Crippen molar-refractivity contribution in [1.82, 2.24) is 0 Å². The first-order chi connectivity index (χ1) is 8.58. The highest BCUT2D eigenvalue weighted by atomic mass is 16.5. The van der Waals surface area contributed by atoms with Crippen molar-refractivity contribution in [3.63, 3.8) is 0 Å². The summed E-state index contributed by atoms with van der Waals surface area (Å²) in [5, 5.41) is 9.83. The zero-order valence-electron chi connectivity index (χ0n) is 13.8. The summed E-state index contributed by atoms with van der Waals surface area (Å²) in [7, 11) is 0. The molecule has 0 saturated heterocycles. The average Bonchev–Trinajstić information content (AvgIpc) is 2.25. The Morgan fingerprint density at radius 1 is 1.11 bits per heavy atom. The van der Waals surface area contributed by atoms with E-state index in [1.165, 1.54) is 0 Å². The van der Waals surface area contributed by atoms with Gasteiger partial charge in [-0.25, -0.2) is 0 Å². The first kappa shape index (κ1) is 17.8. The van der Waals surface area contributed by atoms with Crippen molar-refractivity contribution in [3.8, 4) is 0 Å². The summed E-state index contributed by atoms with van der Waals surface area (Å²) in [5.74, 6) is 1.36. The Kier molecular flexibility index (Phi) is 6.96. The normalized spacial score (nSPS) is 14.0. The van der Waals surface area contributed by atoms with Gasteiger partial charge >= 0.3 is 0 Å². The van der Waals surface area contributed by atoms with E-state index in [0.29, 0.717) is 12.4 Å². The van der Waals surface area contributed by atoms with E-state index in [2.05, 4.69) is 27.7 Å². The zero-order valence-corrected chi connectivity index (χ0v) is 13.8. The van der Waals surface area contributed by atoms with E-state index in [0.717, 1.165) is 28.9 Å². The van der Waals surface area contributed by atoms with Crippen molar-refractivity contribution in [2.45, 2.75) is 61.8 Å². The van der Waals surface area contributed by atoms with Crippen LogP contribution in [0.15, 0.2) is 34.3 Å². The highest BCUT2D eigenvalue weighted by molar-refractivity contribution is 5.35. The van der Waals surface area contributed by atoms with Gasteiger partial charge in [-0.05, 0) is 62.8 Å². The third-order valence-corrected chi connectivity index (χ3v) is 2.88. The molecule has 0 atom stereocenters. The highest BCUT2D eigenvalue weighted by Gasteiger charge is 2.16. The molecular weight excluding hydrogens is 236 g/mol. The lowest BCUT2D eigenvalue weighted by molar-refractivity contribution is 0.189. The fraction of sp³-hybridized carbons (Fsp3) is 0.647. The van der Waals surface area contributed by atoms with Gasteiger partial charge in [0.05, 0.1) is 12.4 Å². The van der Waals surface area contributed by atoms with Crippen LogP contribution in [-0.2, 0) is 4.74 Å². The van der Waals surface area contributed by atoms with Gasteiger partial charge in [-0.3, -0.25) is 0 Å². The van der Waals surface area contributed by atoms with E-state index in [9.17, 15) is 5.11 Å². The van der Waals surface area contributed by atoms with Crippen LogP contribution in [0.3, 0.4) is 0 Å². The van der Waals surface area contributed by atoms with Crippen molar-refractivity contribution in [2.24, 2.45) is 5.41 Å². The molecule has 0 amide bonds. The van der Waals surface area contributed by atoms with Gasteiger partial charge in [0.1, 0.15) is 5.76 Å². The van der Waals surface area contributed by atoms with Gasteiger partial charge in [0, 0.05) is 6.42 Å². The second-order valence-corrected chi connectivity index (χ2v) is 6.43. The Bertz CT molecular complexity index is 386. The third kappa shape index (κ3) is 7.09. The lowest BCUT2D eigenvalue weighted by atomic mass is 9.89. The van der Waals surface area contributed by atoms with Gasteiger partial charge in [-0.15, -0.1) is 0 Å². The fourth-order valence-electron chi connectivity index (χ4n) is 1.63. The number of hydrogen-bond acceptors (Lipinski definition) is 2. The molecule has 1 N–H and O–H groups in total. The van der Waals surface area contributed by atoms with E-state index < -0.39 is 0 Å². The fourth-order valence-corrected chi connectivity index (χ4v) is 1.63. The minimum absolute atomic E-state index is 0.185. The molecule has 0 bridgehead atoms. The van der Waals surface area contributed by atoms with Crippen molar-refractivity contribution in [3.05, 3.63) is 34.3 Å². The molecule has 0 aliphatic heterocycles. The van der Waals surface area contributed by atoms with Crippen LogP contribution in [0.2, 0.25) is 0 Å². The van der Waals surface area contributed by atoms with Gasteiger partial charge in [0.15, 0.2) is 0 Å². The minimum atomic E-state index is 0.185. The van der Waals surface area contributed by atoms with Crippen LogP contribution in [0.25, 0.3) is 0 Å². The van der Waals surface area contributed by atoms with Crippen molar-refractivity contribution in [1.29, 1.82) is 0 Å². The molecule has 0 rings (SSSR count). The second-order valence-electron chi connectivity index (χ2n) is 6.43. The molecule has 0 radical (unpaired) electrons. The predicted molar refractivity (Wildman–Crippen MR) is 83.2 cm³/mol. The molecule has 0 fully saturated rings. The number of rotatable bonds is 5. The molecule has 0 heterocycles. The molecular formula is C17H30O2. The standard InChI is InChI=1S/C17H30O2/c1-9-19-16(11-17(6,7)8)14(5)13(4)10-15(18)12(2)3/h10,18H,9,11H2,1-8H3/b13-10+,16-14-. The summed E-state index contributed by atoms with van der Waals surface area (Å²) in [6.07, 6.45) is 2.71. The lowest BCUT2D eigenvalue weighted by Crippen LogP contribution is -2.10. The molecule has 0 unspecified atom stereocenters. The topological polar surface area (TPSA) is 29.5 Å². The van der Waals surface area contributed by atoms with Crippen molar-refractivity contribution < 1.29 is 9.84 Å². The maximum atomic E-state index is 9.83. The quantitative estimate of drug-likeness (QED) is 0.523. The van der Waals surface area contributed by atoms with E-state index >= 15 is 0 Å². The van der Waals surface area contributed by atoms with E-state index in [1.54, 1.807) is 0 Å². The Morgan fingerprint density at radius 2 is 1.63 bits per heavy atom. The molecule has 0 spiro atoms. The molecule has 2 heteroatoms. The third-order valence-electron chi connectivity index (χ3n) is 2.88. The van der Waals surface area contributed by atoms with Gasteiger partial charge in [0.2, 0.25) is 0 Å². The van der Waals surface area contributed by atoms with Gasteiger partial charge in [-0.2, -0.15) is 0 Å². The number of ether oxygens (including phenoxy) is 1. The van der Waals surface area contributed by atoms with Crippen molar-refractivity contribution >= 4 is 0 Å². The summed E-state index contributed by atoms with van der Waals surface area (Å²) in [6, 6.07) is 0. The molecule has 0 aliphatic carbocycles. The lowest BCUT2D eigenvalue weighted by Gasteiger charge is -2.22. The average molecular weight is 266 g/mol. The Hall–Kier alpha value is -1.18. The molecule has 2 nitrogen and oxygen atoms in total. The Balaban J connectivity index is 5.40. The van der Waals surface area contributed by atoms with Crippen LogP contribution in [-0.4, -0.2) is 11.7 Å². The smallest absolute Gasteiger partial charge is 0.114 e. The summed E-state index contributed by atoms with van der Waals surface area (Å²) in [6.45, 7) is 17.1. The van der Waals surface area contributed by atoms with E-state index in [4.69, 9.17) is 4.74 Å². The van der Waals surface area contributed by atoms with Gasteiger partial charge in [-0.1, -0.05) is 20.8 Å². The maximum absolute atomic E-state index is 9.83. The van der Waals surface area contributed by atoms with Gasteiger partial charge in [0.25, 0.3) is 0 Å². The summed E-state index contributed by atoms with van der Waals surface area (Å²) < 4.78 is 5.78. The minimum Gasteiger partial charge on any atom is -0.508 e. The number of allylic oxidation sites excluding steroid dienone is 5. The Morgan fingerprint density at radius 3 is 2.00 bits per heavy atom. The molecule has 110 valence electrons. The van der Waals surface area contributed by atoms with Crippen LogP contribution in [0.4, 0.5) is 0 Å². The maximum Gasteiger partial charge on any atom is 0.114 e. The number of hydrogen-bond donors (Lipinski definition) is 1. The molecule has 0 saturated carbocycles. The van der Waals surface area contributed by atoms with Crippen LogP contribution in [0, 0.1) is 5.41 Å². The number of aliphatic hydroxyl groups excluding tert-OH is 1. The van der Waals surface area contributed by atoms with Crippen LogP contribution in [0.5, 0.6) is 0 Å². The predicted octanol–water partition coefficient (Wildman–Crippen LogP) is 5.53. The Labute approximate surface area is 118 Å². The van der Waals surface area contributed by atoms with Crippen LogP contribution in [0.1, 0.15) is 61.8 Å². The molecule has 19 heavy (non-hydrogen) atoms. The largest absolute Gasteiger partial charge is 0.508 e. The summed E-state index contributed by atoms with van der Waals surface area (Å²) >= 11 is 0. The van der Waals surface area contributed by atoms with Crippen molar-refractivity contribution in [2.75, 3.05) is 6.61 Å². The van der Waals surface area contributed by atoms with E-state index in [1.807, 2.05) is 33.8 Å². The SMILES string of the molecule is CCO/C(CC(C)(C)C)=C(C)\C(C)=C\C(O)=C(C)C. The first-order valence-electron chi connectivity index (χ1n) is 6.96. The van der Waals surface area contributed by atoms with E-state index in [-0.39, 0.29) is 5.41 Å². The van der Waals surface area contributed by atoms with Gasteiger partial charge < -0.3 is 9.84 Å². The zero-order chi connectivity index (χ0) is 15.2. The summed E-state index contributed by atoms with van der Waals surface area (Å²) in [4.78, 5) is 0. The second kappa shape index (κ2) is 7.42. The number of aliphatic hydroxyl groups is 1. The monoisotopic (exact) mass is 266 g/mol. The van der Waals surface area contributed by atoms with Crippen LogP contribution >= 0.6 is 0 Å². The highest BCUT2D eigenvalue weighted by Crippen LogP contribution is 2.29. The molecule has 0 aliphatic rings. The van der Waals surface area contributed by atoms with Crippen LogP contribution < -0.4 is 0 Å². The molecule has 0 aromatic rings. The molecule has 0 aromatic heterocycles. The first-order valence-corrected chi connectivity index (χ1v) is 6.96. The summed E-state index contributed by atoms with van der Waals surface area (Å²) in [5.41, 5.74) is 3.27. The molecule has 0 aromatic carbocycles.